The molecule has 1 aliphatic rings. The molecule has 0 atom stereocenters. The van der Waals surface area contributed by atoms with Gasteiger partial charge in [0, 0.05) is 28.9 Å². The predicted octanol–water partition coefficient (Wildman–Crippen LogP) is 7.54. The molecule has 2 aromatic rings. The molecule has 0 unspecified atom stereocenters. The van der Waals surface area contributed by atoms with Gasteiger partial charge in [0.05, 0.1) is 11.9 Å². The van der Waals surface area contributed by atoms with E-state index in [0.717, 1.165) is 39.5 Å². The van der Waals surface area contributed by atoms with Crippen molar-refractivity contribution in [3.05, 3.63) is 109 Å². The van der Waals surface area contributed by atoms with Crippen LogP contribution in [0.4, 0.5) is 5.69 Å². The quantitative estimate of drug-likeness (QED) is 0.417. The Balaban J connectivity index is 0.00000166. The molecule has 162 valence electrons. The summed E-state index contributed by atoms with van der Waals surface area (Å²) in [6.07, 6.45) is 11.9. The number of nitrogens with zero attached hydrogens (tertiary/aromatic N) is 1. The van der Waals surface area contributed by atoms with Crippen molar-refractivity contribution in [1.82, 2.24) is 10.3 Å². The van der Waals surface area contributed by atoms with Gasteiger partial charge in [-0.3, -0.25) is 4.98 Å². The summed E-state index contributed by atoms with van der Waals surface area (Å²) in [4.78, 5) is 4.29. The van der Waals surface area contributed by atoms with E-state index in [1.54, 1.807) is 12.3 Å². The molecule has 0 aliphatic heterocycles. The Morgan fingerprint density at radius 2 is 1.77 bits per heavy atom. The SMILES string of the molecule is C=C/C=C(\C=C(/C)NC(=C)C1CC1)C(=C)Nc1cnccc1-c1ccc(C)cc1.CC. The fourth-order valence-electron chi connectivity index (χ4n) is 3.13. The maximum Gasteiger partial charge on any atom is 0.0650 e. The molecule has 1 fully saturated rings. The number of aryl methyl sites for hydroxylation is 1. The lowest BCUT2D eigenvalue weighted by Gasteiger charge is -2.16. The minimum atomic E-state index is 0.610. The van der Waals surface area contributed by atoms with E-state index in [-0.39, 0.29) is 0 Å². The third kappa shape index (κ3) is 7.14. The molecule has 3 heteroatoms. The first kappa shape index (κ1) is 23.9. The van der Waals surface area contributed by atoms with Crippen molar-refractivity contribution in [2.45, 2.75) is 40.5 Å². The maximum absolute atomic E-state index is 4.29. The fourth-order valence-corrected chi connectivity index (χ4v) is 3.13. The molecule has 1 saturated carbocycles. The van der Waals surface area contributed by atoms with Gasteiger partial charge in [-0.25, -0.2) is 0 Å². The zero-order valence-electron chi connectivity index (χ0n) is 19.3. The first-order valence-corrected chi connectivity index (χ1v) is 10.9. The summed E-state index contributed by atoms with van der Waals surface area (Å²) in [5.41, 5.74) is 8.22. The first-order valence-electron chi connectivity index (χ1n) is 10.9. The lowest BCUT2D eigenvalue weighted by molar-refractivity contribution is 0.847. The monoisotopic (exact) mass is 413 g/mol. The van der Waals surface area contributed by atoms with Gasteiger partial charge in [-0.15, -0.1) is 0 Å². The molecule has 1 aromatic carbocycles. The summed E-state index contributed by atoms with van der Waals surface area (Å²) in [7, 11) is 0. The number of rotatable bonds is 9. The van der Waals surface area contributed by atoms with Gasteiger partial charge in [0.15, 0.2) is 0 Å². The zero-order valence-corrected chi connectivity index (χ0v) is 19.3. The van der Waals surface area contributed by atoms with E-state index in [1.807, 2.05) is 39.1 Å². The van der Waals surface area contributed by atoms with Crippen molar-refractivity contribution >= 4 is 5.69 Å². The summed E-state index contributed by atoms with van der Waals surface area (Å²) in [6, 6.07) is 10.5. The fraction of sp³-hybridized carbons (Fsp3) is 0.250. The first-order chi connectivity index (χ1) is 15.0. The van der Waals surface area contributed by atoms with Crippen LogP contribution in [-0.4, -0.2) is 4.98 Å². The highest BCUT2D eigenvalue weighted by Crippen LogP contribution is 2.34. The van der Waals surface area contributed by atoms with Gasteiger partial charge in [0.2, 0.25) is 0 Å². The Labute approximate surface area is 188 Å². The largest absolute Gasteiger partial charge is 0.363 e. The second-order valence-corrected chi connectivity index (χ2v) is 7.50. The van der Waals surface area contributed by atoms with Crippen molar-refractivity contribution in [2.75, 3.05) is 5.32 Å². The highest BCUT2D eigenvalue weighted by Gasteiger charge is 2.24. The number of anilines is 1. The van der Waals surface area contributed by atoms with E-state index in [0.29, 0.717) is 5.92 Å². The standard InChI is InChI=1S/C26H29N3.C2H6/c1-6-7-24(16-19(3)28-20(4)22-12-13-22)21(5)29-26-17-27-15-14-25(26)23-10-8-18(2)9-11-23;1-2/h6-11,14-17,22,28-29H,1,4-5,12-13H2,2-3H3;1-2H3/b19-16+,24-7+;. The minimum Gasteiger partial charge on any atom is -0.363 e. The van der Waals surface area contributed by atoms with E-state index in [9.17, 15) is 0 Å². The molecule has 0 amide bonds. The van der Waals surface area contributed by atoms with Crippen molar-refractivity contribution in [2.24, 2.45) is 5.92 Å². The third-order valence-corrected chi connectivity index (χ3v) is 4.91. The Kier molecular flexibility index (Phi) is 9.08. The van der Waals surface area contributed by atoms with Crippen molar-refractivity contribution in [3.8, 4) is 11.1 Å². The predicted molar refractivity (Wildman–Crippen MR) is 136 cm³/mol. The Bertz CT molecular complexity index is 974. The second-order valence-electron chi connectivity index (χ2n) is 7.50. The van der Waals surface area contributed by atoms with Crippen LogP contribution in [0.2, 0.25) is 0 Å². The Morgan fingerprint density at radius 3 is 2.39 bits per heavy atom. The van der Waals surface area contributed by atoms with Crippen LogP contribution in [-0.2, 0) is 0 Å². The molecule has 31 heavy (non-hydrogen) atoms. The molecule has 0 radical (unpaired) electrons. The van der Waals surface area contributed by atoms with Crippen LogP contribution in [0, 0.1) is 12.8 Å². The van der Waals surface area contributed by atoms with Gasteiger partial charge < -0.3 is 10.6 Å². The second kappa shape index (κ2) is 11.8. The number of aromatic nitrogens is 1. The van der Waals surface area contributed by atoms with Crippen molar-refractivity contribution in [3.63, 3.8) is 0 Å². The average Bonchev–Trinajstić information content (AvgIpc) is 3.61. The minimum absolute atomic E-state index is 0.610. The van der Waals surface area contributed by atoms with Crippen molar-refractivity contribution in [1.29, 1.82) is 0 Å². The van der Waals surface area contributed by atoms with Gasteiger partial charge in [-0.05, 0) is 55.9 Å². The molecule has 0 saturated heterocycles. The van der Waals surface area contributed by atoms with Crippen LogP contribution < -0.4 is 10.6 Å². The number of nitrogens with one attached hydrogen (secondary N) is 2. The van der Waals surface area contributed by atoms with Crippen LogP contribution in [0.1, 0.15) is 39.2 Å². The number of pyridine rings is 1. The molecule has 3 nitrogen and oxygen atoms in total. The molecule has 1 heterocycles. The van der Waals surface area contributed by atoms with Crippen molar-refractivity contribution < 1.29 is 0 Å². The highest BCUT2D eigenvalue weighted by molar-refractivity contribution is 5.79. The van der Waals surface area contributed by atoms with Gasteiger partial charge >= 0.3 is 0 Å². The van der Waals surface area contributed by atoms with Crippen LogP contribution >= 0.6 is 0 Å². The van der Waals surface area contributed by atoms with Crippen LogP contribution in [0.15, 0.2) is 103 Å². The molecule has 0 bridgehead atoms. The van der Waals surface area contributed by atoms with E-state index < -0.39 is 0 Å². The third-order valence-electron chi connectivity index (χ3n) is 4.91. The Morgan fingerprint density at radius 1 is 1.10 bits per heavy atom. The summed E-state index contributed by atoms with van der Waals surface area (Å²) in [6.45, 7) is 20.4. The van der Waals surface area contributed by atoms with Gasteiger partial charge in [0.1, 0.15) is 0 Å². The molecule has 3 rings (SSSR count). The maximum atomic E-state index is 4.29. The number of allylic oxidation sites excluding steroid dienone is 5. The van der Waals surface area contributed by atoms with E-state index in [4.69, 9.17) is 0 Å². The normalized spacial score (nSPS) is 13.5. The summed E-state index contributed by atoms with van der Waals surface area (Å²) in [5, 5.41) is 6.84. The van der Waals surface area contributed by atoms with Gasteiger partial charge in [-0.2, -0.15) is 0 Å². The molecule has 0 spiro atoms. The van der Waals surface area contributed by atoms with E-state index in [1.165, 1.54) is 18.4 Å². The summed E-state index contributed by atoms with van der Waals surface area (Å²) < 4.78 is 0. The topological polar surface area (TPSA) is 37.0 Å². The molecular formula is C28H35N3. The van der Waals surface area contributed by atoms with E-state index >= 15 is 0 Å². The highest BCUT2D eigenvalue weighted by atomic mass is 14.9. The lowest BCUT2D eigenvalue weighted by atomic mass is 10.0. The molecule has 1 aromatic heterocycles. The molecular weight excluding hydrogens is 378 g/mol. The van der Waals surface area contributed by atoms with Crippen LogP contribution in [0.5, 0.6) is 0 Å². The average molecular weight is 414 g/mol. The van der Waals surface area contributed by atoms with Crippen LogP contribution in [0.3, 0.4) is 0 Å². The van der Waals surface area contributed by atoms with E-state index in [2.05, 4.69) is 72.6 Å². The number of hydrogen-bond acceptors (Lipinski definition) is 3. The summed E-state index contributed by atoms with van der Waals surface area (Å²) >= 11 is 0. The smallest absolute Gasteiger partial charge is 0.0650 e. The van der Waals surface area contributed by atoms with Crippen LogP contribution in [0.25, 0.3) is 11.1 Å². The zero-order chi connectivity index (χ0) is 22.8. The molecule has 1 aliphatic carbocycles. The number of hydrogen-bond donors (Lipinski definition) is 2. The van der Waals surface area contributed by atoms with Gasteiger partial charge in [-0.1, -0.05) is 75.6 Å². The lowest BCUT2D eigenvalue weighted by Crippen LogP contribution is -2.12. The summed E-state index contributed by atoms with van der Waals surface area (Å²) in [5.74, 6) is 0.610. The molecule has 2 N–H and O–H groups in total. The Hall–Kier alpha value is -3.33. The van der Waals surface area contributed by atoms with Gasteiger partial charge in [0.25, 0.3) is 0 Å². The number of benzene rings is 1.